The predicted molar refractivity (Wildman–Crippen MR) is 82.3 cm³/mol. The second-order valence-electron chi connectivity index (χ2n) is 5.83. The number of nitrogens with one attached hydrogen (secondary N) is 1. The number of benzene rings is 1. The van der Waals surface area contributed by atoms with Gasteiger partial charge in [0, 0.05) is 6.04 Å². The van der Waals surface area contributed by atoms with Gasteiger partial charge in [-0.05, 0) is 49.8 Å². The average molecular weight is 295 g/mol. The van der Waals surface area contributed by atoms with Crippen LogP contribution in [0.25, 0.3) is 0 Å². The smallest absolute Gasteiger partial charge is 0.208 e. The Kier molecular flexibility index (Phi) is 5.22. The van der Waals surface area contributed by atoms with Gasteiger partial charge >= 0.3 is 0 Å². The summed E-state index contributed by atoms with van der Waals surface area (Å²) in [5.41, 5.74) is 1.28. The highest BCUT2D eigenvalue weighted by Crippen LogP contribution is 2.32. The maximum Gasteiger partial charge on any atom is 0.240 e. The molecule has 1 aliphatic carbocycles. The SMILES string of the molecule is CCC(C)NS(=O)(=O)c1ccc(C2CCCCC2)cc1. The van der Waals surface area contributed by atoms with Crippen molar-refractivity contribution >= 4 is 10.0 Å². The van der Waals surface area contributed by atoms with E-state index in [1.807, 2.05) is 26.0 Å². The van der Waals surface area contributed by atoms with E-state index in [1.54, 1.807) is 12.1 Å². The van der Waals surface area contributed by atoms with Gasteiger partial charge in [0.2, 0.25) is 10.0 Å². The first-order valence-electron chi connectivity index (χ1n) is 7.65. The fourth-order valence-electron chi connectivity index (χ4n) is 2.77. The summed E-state index contributed by atoms with van der Waals surface area (Å²) in [7, 11) is -3.37. The minimum absolute atomic E-state index is 0.0296. The Hall–Kier alpha value is -0.870. The number of hydrogen-bond donors (Lipinski definition) is 1. The lowest BCUT2D eigenvalue weighted by molar-refractivity contribution is 0.443. The van der Waals surface area contributed by atoms with Crippen molar-refractivity contribution in [2.45, 2.75) is 69.2 Å². The molecule has 0 spiro atoms. The van der Waals surface area contributed by atoms with Gasteiger partial charge < -0.3 is 0 Å². The zero-order chi connectivity index (χ0) is 14.6. The van der Waals surface area contributed by atoms with Crippen molar-refractivity contribution in [3.63, 3.8) is 0 Å². The van der Waals surface area contributed by atoms with Gasteiger partial charge in [-0.1, -0.05) is 38.3 Å². The fourth-order valence-corrected chi connectivity index (χ4v) is 4.10. The molecule has 0 saturated heterocycles. The first kappa shape index (κ1) is 15.5. The quantitative estimate of drug-likeness (QED) is 0.898. The third kappa shape index (κ3) is 3.83. The molecule has 0 radical (unpaired) electrons. The van der Waals surface area contributed by atoms with Crippen LogP contribution in [0.4, 0.5) is 0 Å². The molecule has 1 N–H and O–H groups in total. The predicted octanol–water partition coefficient (Wildman–Crippen LogP) is 3.81. The maximum absolute atomic E-state index is 12.2. The molecule has 1 aromatic rings. The monoisotopic (exact) mass is 295 g/mol. The van der Waals surface area contributed by atoms with E-state index < -0.39 is 10.0 Å². The summed E-state index contributed by atoms with van der Waals surface area (Å²) >= 11 is 0. The van der Waals surface area contributed by atoms with Crippen molar-refractivity contribution in [2.24, 2.45) is 0 Å². The van der Waals surface area contributed by atoms with Gasteiger partial charge in [-0.2, -0.15) is 0 Å². The largest absolute Gasteiger partial charge is 0.240 e. The van der Waals surface area contributed by atoms with E-state index in [1.165, 1.54) is 37.7 Å². The minimum Gasteiger partial charge on any atom is -0.208 e. The van der Waals surface area contributed by atoms with E-state index in [-0.39, 0.29) is 6.04 Å². The summed E-state index contributed by atoms with van der Waals surface area (Å²) in [4.78, 5) is 0.373. The molecule has 0 bridgehead atoms. The summed E-state index contributed by atoms with van der Waals surface area (Å²) in [6.45, 7) is 3.85. The van der Waals surface area contributed by atoms with Crippen molar-refractivity contribution in [3.05, 3.63) is 29.8 Å². The van der Waals surface area contributed by atoms with Gasteiger partial charge in [0.05, 0.1) is 4.90 Å². The molecule has 0 amide bonds. The Morgan fingerprint density at radius 3 is 2.30 bits per heavy atom. The van der Waals surface area contributed by atoms with Crippen LogP contribution < -0.4 is 4.72 Å². The van der Waals surface area contributed by atoms with Crippen LogP contribution in [0, 0.1) is 0 Å². The molecule has 1 saturated carbocycles. The molecule has 112 valence electrons. The van der Waals surface area contributed by atoms with Crippen molar-refractivity contribution in [1.82, 2.24) is 4.72 Å². The highest BCUT2D eigenvalue weighted by molar-refractivity contribution is 7.89. The van der Waals surface area contributed by atoms with E-state index >= 15 is 0 Å². The zero-order valence-corrected chi connectivity index (χ0v) is 13.2. The molecule has 4 heteroatoms. The molecule has 0 aromatic heterocycles. The highest BCUT2D eigenvalue weighted by Gasteiger charge is 2.19. The van der Waals surface area contributed by atoms with Crippen LogP contribution in [0.5, 0.6) is 0 Å². The van der Waals surface area contributed by atoms with Crippen molar-refractivity contribution in [1.29, 1.82) is 0 Å². The van der Waals surface area contributed by atoms with Crippen molar-refractivity contribution in [3.8, 4) is 0 Å². The molecule has 0 heterocycles. The summed E-state index contributed by atoms with van der Waals surface area (Å²) in [6, 6.07) is 7.43. The molecular weight excluding hydrogens is 270 g/mol. The Balaban J connectivity index is 2.11. The normalized spacial score (nSPS) is 18.9. The second-order valence-corrected chi connectivity index (χ2v) is 7.55. The van der Waals surface area contributed by atoms with Gasteiger partial charge in [0.15, 0.2) is 0 Å². The maximum atomic E-state index is 12.2. The van der Waals surface area contributed by atoms with Crippen molar-refractivity contribution < 1.29 is 8.42 Å². The van der Waals surface area contributed by atoms with E-state index in [0.717, 1.165) is 6.42 Å². The van der Waals surface area contributed by atoms with Gasteiger partial charge in [-0.25, -0.2) is 13.1 Å². The van der Waals surface area contributed by atoms with Crippen LogP contribution in [0.2, 0.25) is 0 Å². The molecular formula is C16H25NO2S. The Labute approximate surface area is 122 Å². The van der Waals surface area contributed by atoms with Crippen LogP contribution in [-0.2, 0) is 10.0 Å². The molecule has 1 aliphatic rings. The first-order valence-corrected chi connectivity index (χ1v) is 9.13. The Morgan fingerprint density at radius 1 is 1.15 bits per heavy atom. The minimum atomic E-state index is -3.37. The molecule has 1 atom stereocenters. The number of sulfonamides is 1. The van der Waals surface area contributed by atoms with Crippen LogP contribution in [-0.4, -0.2) is 14.5 Å². The lowest BCUT2D eigenvalue weighted by atomic mass is 9.84. The van der Waals surface area contributed by atoms with Crippen LogP contribution in [0.3, 0.4) is 0 Å². The lowest BCUT2D eigenvalue weighted by Gasteiger charge is -2.22. The number of hydrogen-bond acceptors (Lipinski definition) is 2. The summed E-state index contributed by atoms with van der Waals surface area (Å²) < 4.78 is 27.0. The average Bonchev–Trinajstić information content (AvgIpc) is 2.48. The molecule has 1 aromatic carbocycles. The standard InChI is InChI=1S/C16H25NO2S/c1-3-13(2)17-20(18,19)16-11-9-15(10-12-16)14-7-5-4-6-8-14/h9-14,17H,3-8H2,1-2H3. The van der Waals surface area contributed by atoms with E-state index in [9.17, 15) is 8.42 Å². The Bertz CT molecular complexity index is 516. The molecule has 3 nitrogen and oxygen atoms in total. The molecule has 1 unspecified atom stereocenters. The number of rotatable bonds is 5. The van der Waals surface area contributed by atoms with Crippen LogP contribution >= 0.6 is 0 Å². The fraction of sp³-hybridized carbons (Fsp3) is 0.625. The van der Waals surface area contributed by atoms with Gasteiger partial charge in [-0.15, -0.1) is 0 Å². The summed E-state index contributed by atoms with van der Waals surface area (Å²) in [6.07, 6.45) is 7.18. The topological polar surface area (TPSA) is 46.2 Å². The molecule has 2 rings (SSSR count). The van der Waals surface area contributed by atoms with Crippen LogP contribution in [0.15, 0.2) is 29.2 Å². The van der Waals surface area contributed by atoms with E-state index in [0.29, 0.717) is 10.8 Å². The Morgan fingerprint density at radius 2 is 1.75 bits per heavy atom. The third-order valence-corrected chi connectivity index (χ3v) is 5.84. The van der Waals surface area contributed by atoms with E-state index in [4.69, 9.17) is 0 Å². The van der Waals surface area contributed by atoms with Crippen LogP contribution in [0.1, 0.15) is 63.9 Å². The zero-order valence-electron chi connectivity index (χ0n) is 12.4. The van der Waals surface area contributed by atoms with E-state index in [2.05, 4.69) is 4.72 Å². The van der Waals surface area contributed by atoms with Gasteiger partial charge in [-0.3, -0.25) is 0 Å². The molecule has 1 fully saturated rings. The second kappa shape index (κ2) is 6.72. The summed E-state index contributed by atoms with van der Waals surface area (Å²) in [5.74, 6) is 0.614. The first-order chi connectivity index (χ1) is 9.53. The summed E-state index contributed by atoms with van der Waals surface area (Å²) in [5, 5.41) is 0. The van der Waals surface area contributed by atoms with Gasteiger partial charge in [0.25, 0.3) is 0 Å². The third-order valence-electron chi connectivity index (χ3n) is 4.24. The van der Waals surface area contributed by atoms with Gasteiger partial charge in [0.1, 0.15) is 0 Å². The highest BCUT2D eigenvalue weighted by atomic mass is 32.2. The molecule has 0 aliphatic heterocycles. The van der Waals surface area contributed by atoms with Crippen molar-refractivity contribution in [2.75, 3.05) is 0 Å². The lowest BCUT2D eigenvalue weighted by Crippen LogP contribution is -2.31. The molecule has 20 heavy (non-hydrogen) atoms.